The molecule has 236 valence electrons. The second-order valence-electron chi connectivity index (χ2n) is 9.84. The third-order valence-electron chi connectivity index (χ3n) is 6.93. The van der Waals surface area contributed by atoms with E-state index in [4.69, 9.17) is 32.7 Å². The van der Waals surface area contributed by atoms with Crippen LogP contribution in [0.3, 0.4) is 0 Å². The summed E-state index contributed by atoms with van der Waals surface area (Å²) >= 11 is 13.3. The van der Waals surface area contributed by atoms with Gasteiger partial charge in [-0.1, -0.05) is 42.5 Å². The van der Waals surface area contributed by atoms with Crippen molar-refractivity contribution in [2.24, 2.45) is 5.92 Å². The fourth-order valence-corrected chi connectivity index (χ4v) is 6.46. The van der Waals surface area contributed by atoms with E-state index in [2.05, 4.69) is 20.7 Å². The number of thiophene rings is 1. The highest BCUT2D eigenvalue weighted by Gasteiger charge is 2.34. The number of halogens is 5. The topological polar surface area (TPSA) is 115 Å². The van der Waals surface area contributed by atoms with Gasteiger partial charge < -0.3 is 24.8 Å². The summed E-state index contributed by atoms with van der Waals surface area (Å²) in [7, 11) is 2.79. The summed E-state index contributed by atoms with van der Waals surface area (Å²) in [5.74, 6) is -1.33. The molecule has 0 unspecified atom stereocenters. The zero-order valence-corrected chi connectivity index (χ0v) is 25.8. The Bertz CT molecular complexity index is 1490. The molecule has 0 spiro atoms. The van der Waals surface area contributed by atoms with Crippen molar-refractivity contribution in [3.63, 3.8) is 0 Å². The van der Waals surface area contributed by atoms with Gasteiger partial charge in [0.2, 0.25) is 0 Å². The Morgan fingerprint density at radius 1 is 0.932 bits per heavy atom. The van der Waals surface area contributed by atoms with Gasteiger partial charge in [0.05, 0.1) is 35.5 Å². The molecule has 0 aliphatic heterocycles. The first-order chi connectivity index (χ1) is 20.9. The Kier molecular flexibility index (Phi) is 10.9. The minimum atomic E-state index is -4.97. The monoisotopic (exact) mass is 673 g/mol. The lowest BCUT2D eigenvalue weighted by Crippen LogP contribution is -2.47. The number of rotatable bonds is 9. The van der Waals surface area contributed by atoms with Crippen LogP contribution in [-0.4, -0.2) is 44.5 Å². The maximum absolute atomic E-state index is 13.6. The van der Waals surface area contributed by atoms with Crippen molar-refractivity contribution in [2.75, 3.05) is 24.9 Å². The van der Waals surface area contributed by atoms with Crippen molar-refractivity contribution in [2.45, 2.75) is 44.5 Å². The summed E-state index contributed by atoms with van der Waals surface area (Å²) in [5.41, 5.74) is 0.620. The number of nitrogens with one attached hydrogen (secondary N) is 3. The highest BCUT2D eigenvalue weighted by molar-refractivity contribution is 7.20. The first-order valence-corrected chi connectivity index (χ1v) is 15.0. The maximum Gasteiger partial charge on any atom is 0.573 e. The van der Waals surface area contributed by atoms with Crippen molar-refractivity contribution in [3.05, 3.63) is 58.1 Å². The first kappa shape index (κ1) is 33.2. The number of esters is 1. The molecule has 3 N–H and O–H groups in total. The molecule has 9 nitrogen and oxygen atoms in total. The molecule has 0 bridgehead atoms. The molecule has 3 aromatic rings. The highest BCUT2D eigenvalue weighted by Crippen LogP contribution is 2.39. The summed E-state index contributed by atoms with van der Waals surface area (Å²) in [6.45, 7) is 0. The van der Waals surface area contributed by atoms with Gasteiger partial charge in [0.25, 0.3) is 5.91 Å². The van der Waals surface area contributed by atoms with Crippen LogP contribution in [0.4, 0.5) is 28.7 Å². The van der Waals surface area contributed by atoms with Gasteiger partial charge in [-0.25, -0.2) is 9.59 Å². The lowest BCUT2D eigenvalue weighted by molar-refractivity contribution is -0.274. The van der Waals surface area contributed by atoms with Crippen molar-refractivity contribution in [1.82, 2.24) is 5.32 Å². The fraction of sp³-hybridized carbons (Fsp3) is 0.345. The van der Waals surface area contributed by atoms with Gasteiger partial charge in [0.1, 0.15) is 22.5 Å². The van der Waals surface area contributed by atoms with Crippen molar-refractivity contribution >= 4 is 63.1 Å². The fourth-order valence-electron chi connectivity index (χ4n) is 4.84. The molecule has 1 saturated carbocycles. The van der Waals surface area contributed by atoms with Crippen LogP contribution >= 0.6 is 34.5 Å². The molecule has 1 atom stereocenters. The van der Waals surface area contributed by atoms with Crippen LogP contribution in [0.5, 0.6) is 11.5 Å². The lowest BCUT2D eigenvalue weighted by Gasteiger charge is -2.29. The standard InChI is InChI=1S/C29H28Cl2F3N3O6S/c1-41-17-10-8-15(9-11-17)22-14-19(25(38)35-23(27(39)42-2)16-6-4-3-5-7-16)26(44-22)37-28(40)36-24-20(30)12-18(13-21(24)31)43-29(32,33)34/h8-14,16,23H,3-7H2,1-2H3,(H,35,38)(H2,36,37,40)/t23-/m0/s1. The van der Waals surface area contributed by atoms with Gasteiger partial charge in [-0.3, -0.25) is 10.1 Å². The normalized spacial score (nSPS) is 14.3. The zero-order valence-electron chi connectivity index (χ0n) is 23.5. The van der Waals surface area contributed by atoms with Crippen molar-refractivity contribution in [3.8, 4) is 21.9 Å². The van der Waals surface area contributed by atoms with E-state index in [1.807, 2.05) is 0 Å². The van der Waals surface area contributed by atoms with Crippen molar-refractivity contribution < 1.29 is 41.8 Å². The molecule has 1 aliphatic rings. The highest BCUT2D eigenvalue weighted by atomic mass is 35.5. The Balaban J connectivity index is 1.62. The Labute approximate surface area is 265 Å². The van der Waals surface area contributed by atoms with Crippen molar-refractivity contribution in [1.29, 1.82) is 0 Å². The predicted octanol–water partition coefficient (Wildman–Crippen LogP) is 8.12. The number of carbonyl (C=O) groups is 3. The number of amides is 3. The second-order valence-corrected chi connectivity index (χ2v) is 11.7. The van der Waals surface area contributed by atoms with Crippen LogP contribution in [-0.2, 0) is 9.53 Å². The van der Waals surface area contributed by atoms with Crippen LogP contribution in [0.1, 0.15) is 42.5 Å². The number of methoxy groups -OCH3 is 2. The summed E-state index contributed by atoms with van der Waals surface area (Å²) in [6, 6.07) is 8.54. The van der Waals surface area contributed by atoms with Gasteiger partial charge in [-0.2, -0.15) is 0 Å². The number of anilines is 2. The quantitative estimate of drug-likeness (QED) is 0.198. The lowest BCUT2D eigenvalue weighted by atomic mass is 9.83. The number of carbonyl (C=O) groups excluding carboxylic acids is 3. The van der Waals surface area contributed by atoms with E-state index < -0.39 is 36.1 Å². The van der Waals surface area contributed by atoms with Crippen LogP contribution in [0.25, 0.3) is 10.4 Å². The molecule has 0 radical (unpaired) electrons. The molecule has 44 heavy (non-hydrogen) atoms. The molecule has 15 heteroatoms. The van der Waals surface area contributed by atoms with E-state index in [1.165, 1.54) is 14.2 Å². The number of benzene rings is 2. The predicted molar refractivity (Wildman–Crippen MR) is 162 cm³/mol. The van der Waals surface area contributed by atoms with E-state index in [9.17, 15) is 27.6 Å². The van der Waals surface area contributed by atoms with Gasteiger partial charge >= 0.3 is 18.4 Å². The van der Waals surface area contributed by atoms with E-state index in [-0.39, 0.29) is 32.2 Å². The summed E-state index contributed by atoms with van der Waals surface area (Å²) in [4.78, 5) is 40.0. The molecule has 1 aliphatic carbocycles. The zero-order chi connectivity index (χ0) is 32.0. The smallest absolute Gasteiger partial charge is 0.497 e. The number of hydrogen-bond acceptors (Lipinski definition) is 7. The molecule has 1 heterocycles. The van der Waals surface area contributed by atoms with Gasteiger partial charge in [-0.05, 0) is 54.7 Å². The molecule has 0 saturated heterocycles. The molecular formula is C29H28Cl2F3N3O6S. The van der Waals surface area contributed by atoms with Gasteiger partial charge in [0.15, 0.2) is 0 Å². The van der Waals surface area contributed by atoms with Crippen LogP contribution in [0, 0.1) is 5.92 Å². The average Bonchev–Trinajstić information content (AvgIpc) is 3.40. The molecule has 4 rings (SSSR count). The summed E-state index contributed by atoms with van der Waals surface area (Å²) in [5, 5.41) is 7.29. The minimum Gasteiger partial charge on any atom is -0.497 e. The maximum atomic E-state index is 13.6. The summed E-state index contributed by atoms with van der Waals surface area (Å²) < 4.78 is 51.9. The average molecular weight is 675 g/mol. The Morgan fingerprint density at radius 3 is 2.14 bits per heavy atom. The molecule has 1 aromatic heterocycles. The third kappa shape index (κ3) is 8.48. The molecule has 3 amide bonds. The number of hydrogen-bond donors (Lipinski definition) is 3. The minimum absolute atomic E-state index is 0.0757. The van der Waals surface area contributed by atoms with Crippen LogP contribution in [0.2, 0.25) is 10.0 Å². The van der Waals surface area contributed by atoms with Gasteiger partial charge in [0, 0.05) is 17.0 Å². The van der Waals surface area contributed by atoms with E-state index in [1.54, 1.807) is 30.3 Å². The largest absolute Gasteiger partial charge is 0.573 e. The van der Waals surface area contributed by atoms with Gasteiger partial charge in [-0.15, -0.1) is 24.5 Å². The second kappa shape index (κ2) is 14.4. The Morgan fingerprint density at radius 2 is 1.57 bits per heavy atom. The van der Waals surface area contributed by atoms with Crippen LogP contribution < -0.4 is 25.4 Å². The molecule has 1 fully saturated rings. The first-order valence-electron chi connectivity index (χ1n) is 13.4. The molecule has 2 aromatic carbocycles. The molecular weight excluding hydrogens is 646 g/mol. The number of alkyl halides is 3. The SMILES string of the molecule is COC(=O)[C@@H](NC(=O)c1cc(-c2ccc(OC)cc2)sc1NC(=O)Nc1c(Cl)cc(OC(F)(F)F)cc1Cl)C1CCCCC1. The number of urea groups is 1. The third-order valence-corrected chi connectivity index (χ3v) is 8.62. The number of ether oxygens (including phenoxy) is 3. The Hall–Kier alpha value is -3.68. The van der Waals surface area contributed by atoms with E-state index in [0.29, 0.717) is 10.6 Å². The van der Waals surface area contributed by atoms with E-state index >= 15 is 0 Å². The van der Waals surface area contributed by atoms with E-state index in [0.717, 1.165) is 61.1 Å². The van der Waals surface area contributed by atoms with Crippen LogP contribution in [0.15, 0.2) is 42.5 Å². The summed E-state index contributed by atoms with van der Waals surface area (Å²) in [6.07, 6.45) is -0.569.